The zero-order valence-electron chi connectivity index (χ0n) is 12.1. The number of likely N-dealkylation sites (N-methyl/N-ethyl adjacent to an activating group) is 1. The smallest absolute Gasteiger partial charge is 0.185 e. The third kappa shape index (κ3) is 3.40. The van der Waals surface area contributed by atoms with Crippen molar-refractivity contribution in [1.82, 2.24) is 0 Å². The van der Waals surface area contributed by atoms with Crippen LogP contribution in [0.5, 0.6) is 5.75 Å². The van der Waals surface area contributed by atoms with Crippen molar-refractivity contribution < 1.29 is 14.3 Å². The van der Waals surface area contributed by atoms with Crippen molar-refractivity contribution >= 4 is 11.5 Å². The van der Waals surface area contributed by atoms with Crippen LogP contribution in [0.1, 0.15) is 22.8 Å². The number of carbonyl (C=O) groups excluding carboxylic acids is 1. The van der Waals surface area contributed by atoms with Crippen LogP contribution in [0.4, 0.5) is 10.1 Å². The molecule has 0 saturated heterocycles. The lowest BCUT2D eigenvalue weighted by atomic mass is 10.1. The molecule has 0 amide bonds. The summed E-state index contributed by atoms with van der Waals surface area (Å²) in [7, 11) is 0. The van der Waals surface area contributed by atoms with Crippen molar-refractivity contribution in [3.8, 4) is 5.75 Å². The minimum Gasteiger partial charge on any atom is -0.507 e. The molecule has 2 rings (SSSR count). The summed E-state index contributed by atoms with van der Waals surface area (Å²) in [6, 6.07) is 11.2. The predicted molar refractivity (Wildman–Crippen MR) is 81.5 cm³/mol. The minimum absolute atomic E-state index is 0.0158. The highest BCUT2D eigenvalue weighted by atomic mass is 19.1. The molecule has 110 valence electrons. The first kappa shape index (κ1) is 15.0. The van der Waals surface area contributed by atoms with Crippen LogP contribution in [0, 0.1) is 12.7 Å². The van der Waals surface area contributed by atoms with Gasteiger partial charge in [0.15, 0.2) is 5.78 Å². The van der Waals surface area contributed by atoms with E-state index < -0.39 is 5.82 Å². The summed E-state index contributed by atoms with van der Waals surface area (Å²) in [6.45, 7) is 4.66. The van der Waals surface area contributed by atoms with Crippen LogP contribution in [0.3, 0.4) is 0 Å². The molecular formula is C17H18FNO2. The molecule has 0 bridgehead atoms. The average molecular weight is 287 g/mol. The fourth-order valence-electron chi connectivity index (χ4n) is 2.28. The summed E-state index contributed by atoms with van der Waals surface area (Å²) >= 11 is 0. The number of ketones is 1. The standard InChI is InChI=1S/C17H18FNO2/c1-3-19(15-7-5-4-6-12(15)2)11-17(21)14-10-13(18)8-9-16(14)20/h4-10,20H,3,11H2,1-2H3. The van der Waals surface area contributed by atoms with E-state index in [1.807, 2.05) is 43.0 Å². The van der Waals surface area contributed by atoms with Gasteiger partial charge in [-0.25, -0.2) is 4.39 Å². The van der Waals surface area contributed by atoms with E-state index in [-0.39, 0.29) is 23.6 Å². The van der Waals surface area contributed by atoms with Crippen molar-refractivity contribution in [3.63, 3.8) is 0 Å². The molecule has 0 aliphatic heterocycles. The molecule has 21 heavy (non-hydrogen) atoms. The lowest BCUT2D eigenvalue weighted by Gasteiger charge is -2.24. The predicted octanol–water partition coefficient (Wildman–Crippen LogP) is 3.55. The van der Waals surface area contributed by atoms with Gasteiger partial charge in [0, 0.05) is 12.2 Å². The van der Waals surface area contributed by atoms with E-state index in [0.717, 1.165) is 23.4 Å². The van der Waals surface area contributed by atoms with Crippen molar-refractivity contribution in [2.45, 2.75) is 13.8 Å². The third-order valence-corrected chi connectivity index (χ3v) is 3.43. The molecule has 0 spiro atoms. The number of nitrogens with zero attached hydrogens (tertiary/aromatic N) is 1. The second-order valence-corrected chi connectivity index (χ2v) is 4.89. The van der Waals surface area contributed by atoms with Gasteiger partial charge >= 0.3 is 0 Å². The van der Waals surface area contributed by atoms with Gasteiger partial charge in [-0.1, -0.05) is 18.2 Å². The van der Waals surface area contributed by atoms with Gasteiger partial charge < -0.3 is 10.0 Å². The zero-order valence-corrected chi connectivity index (χ0v) is 12.1. The summed E-state index contributed by atoms with van der Waals surface area (Å²) in [5.41, 5.74) is 2.04. The van der Waals surface area contributed by atoms with Gasteiger partial charge in [-0.3, -0.25) is 4.79 Å². The Morgan fingerprint density at radius 2 is 1.95 bits per heavy atom. The number of aromatic hydroxyl groups is 1. The molecule has 0 aliphatic carbocycles. The largest absolute Gasteiger partial charge is 0.507 e. The van der Waals surface area contributed by atoms with E-state index in [4.69, 9.17) is 0 Å². The molecular weight excluding hydrogens is 269 g/mol. The molecule has 2 aromatic rings. The van der Waals surface area contributed by atoms with E-state index in [1.54, 1.807) is 0 Å². The number of para-hydroxylation sites is 1. The average Bonchev–Trinajstić information content (AvgIpc) is 2.48. The second kappa shape index (κ2) is 6.39. The van der Waals surface area contributed by atoms with Crippen LogP contribution in [-0.4, -0.2) is 24.0 Å². The fraction of sp³-hybridized carbons (Fsp3) is 0.235. The number of halogens is 1. The van der Waals surface area contributed by atoms with E-state index in [0.29, 0.717) is 6.54 Å². The number of aryl methyl sites for hydroxylation is 1. The Kier molecular flexibility index (Phi) is 4.58. The number of hydrogen-bond donors (Lipinski definition) is 1. The molecule has 3 nitrogen and oxygen atoms in total. The molecule has 0 saturated carbocycles. The Morgan fingerprint density at radius 3 is 2.62 bits per heavy atom. The summed E-state index contributed by atoms with van der Waals surface area (Å²) in [4.78, 5) is 14.2. The Morgan fingerprint density at radius 1 is 1.24 bits per heavy atom. The third-order valence-electron chi connectivity index (χ3n) is 3.43. The number of anilines is 1. The minimum atomic E-state index is -0.532. The highest BCUT2D eigenvalue weighted by Gasteiger charge is 2.17. The van der Waals surface area contributed by atoms with Gasteiger partial charge in [0.05, 0.1) is 12.1 Å². The number of phenols is 1. The monoisotopic (exact) mass is 287 g/mol. The molecule has 2 aromatic carbocycles. The summed E-state index contributed by atoms with van der Waals surface area (Å²) in [6.07, 6.45) is 0. The summed E-state index contributed by atoms with van der Waals surface area (Å²) in [5.74, 6) is -1.03. The van der Waals surface area contributed by atoms with Gasteiger partial charge in [0.25, 0.3) is 0 Å². The van der Waals surface area contributed by atoms with Crippen molar-refractivity contribution in [2.24, 2.45) is 0 Å². The molecule has 0 fully saturated rings. The Hall–Kier alpha value is -2.36. The van der Waals surface area contributed by atoms with Crippen LogP contribution in [-0.2, 0) is 0 Å². The zero-order chi connectivity index (χ0) is 15.4. The molecule has 1 N–H and O–H groups in total. The number of rotatable bonds is 5. The second-order valence-electron chi connectivity index (χ2n) is 4.89. The van der Waals surface area contributed by atoms with Crippen molar-refractivity contribution in [2.75, 3.05) is 18.0 Å². The van der Waals surface area contributed by atoms with Crippen LogP contribution in [0.25, 0.3) is 0 Å². The Labute approximate surface area is 123 Å². The van der Waals surface area contributed by atoms with Gasteiger partial charge in [0.1, 0.15) is 11.6 Å². The van der Waals surface area contributed by atoms with E-state index >= 15 is 0 Å². The lowest BCUT2D eigenvalue weighted by Crippen LogP contribution is -2.30. The first-order valence-electron chi connectivity index (χ1n) is 6.85. The van der Waals surface area contributed by atoms with Crippen LogP contribution in [0.2, 0.25) is 0 Å². The van der Waals surface area contributed by atoms with Gasteiger partial charge in [-0.2, -0.15) is 0 Å². The molecule has 0 radical (unpaired) electrons. The lowest BCUT2D eigenvalue weighted by molar-refractivity contribution is 0.0996. The summed E-state index contributed by atoms with van der Waals surface area (Å²) in [5, 5.41) is 9.71. The number of carbonyl (C=O) groups is 1. The summed E-state index contributed by atoms with van der Waals surface area (Å²) < 4.78 is 13.2. The Bertz CT molecular complexity index is 655. The van der Waals surface area contributed by atoms with Crippen LogP contribution >= 0.6 is 0 Å². The first-order chi connectivity index (χ1) is 10.0. The molecule has 0 aliphatic rings. The van der Waals surface area contributed by atoms with E-state index in [1.165, 1.54) is 6.07 Å². The molecule has 0 heterocycles. The number of hydrogen-bond acceptors (Lipinski definition) is 3. The van der Waals surface area contributed by atoms with E-state index in [9.17, 15) is 14.3 Å². The maximum Gasteiger partial charge on any atom is 0.185 e. The van der Waals surface area contributed by atoms with Gasteiger partial charge in [-0.05, 0) is 43.7 Å². The normalized spacial score (nSPS) is 10.4. The highest BCUT2D eigenvalue weighted by Crippen LogP contribution is 2.22. The van der Waals surface area contributed by atoms with Crippen LogP contribution in [0.15, 0.2) is 42.5 Å². The Balaban J connectivity index is 2.25. The van der Waals surface area contributed by atoms with Crippen molar-refractivity contribution in [1.29, 1.82) is 0 Å². The van der Waals surface area contributed by atoms with Gasteiger partial charge in [0.2, 0.25) is 0 Å². The maximum absolute atomic E-state index is 13.2. The van der Waals surface area contributed by atoms with E-state index in [2.05, 4.69) is 0 Å². The van der Waals surface area contributed by atoms with Crippen molar-refractivity contribution in [3.05, 3.63) is 59.4 Å². The maximum atomic E-state index is 13.2. The quantitative estimate of drug-likeness (QED) is 0.855. The molecule has 0 atom stereocenters. The number of phenolic OH excluding ortho intramolecular Hbond substituents is 1. The highest BCUT2D eigenvalue weighted by molar-refractivity contribution is 6.01. The molecule has 0 unspecified atom stereocenters. The number of Topliss-reactive ketones (excluding diaryl/α,β-unsaturated/α-hetero) is 1. The topological polar surface area (TPSA) is 40.5 Å². The molecule has 4 heteroatoms. The SMILES string of the molecule is CCN(CC(=O)c1cc(F)ccc1O)c1ccccc1C. The fourth-order valence-corrected chi connectivity index (χ4v) is 2.28. The van der Waals surface area contributed by atoms with Gasteiger partial charge in [-0.15, -0.1) is 0 Å². The first-order valence-corrected chi connectivity index (χ1v) is 6.85. The number of benzene rings is 2. The molecule has 0 aromatic heterocycles. The van der Waals surface area contributed by atoms with Crippen LogP contribution < -0.4 is 4.90 Å².